The van der Waals surface area contributed by atoms with Gasteiger partial charge in [-0.3, -0.25) is 14.2 Å². The van der Waals surface area contributed by atoms with Crippen molar-refractivity contribution >= 4 is 19.7 Å². The van der Waals surface area contributed by atoms with Crippen LogP contribution in [0.25, 0.3) is 0 Å². The molecule has 0 heterocycles. The summed E-state index contributed by atoms with van der Waals surface area (Å²) in [6.07, 6.45) is 66.6. The van der Waals surface area contributed by atoms with Crippen LogP contribution in [0.2, 0.25) is 0 Å². The lowest BCUT2D eigenvalue weighted by molar-refractivity contribution is -0.870. The fourth-order valence-electron chi connectivity index (χ4n) is 9.23. The van der Waals surface area contributed by atoms with Crippen molar-refractivity contribution in [2.24, 2.45) is 0 Å². The smallest absolute Gasteiger partial charge is 0.306 e. The van der Waals surface area contributed by atoms with Crippen molar-refractivity contribution in [2.75, 3.05) is 40.9 Å². The lowest BCUT2D eigenvalue weighted by Crippen LogP contribution is -2.47. The van der Waals surface area contributed by atoms with Gasteiger partial charge in [0.2, 0.25) is 5.91 Å². The second-order valence-corrected chi connectivity index (χ2v) is 24.0. The monoisotopic (exact) mass is 1060 g/mol. The summed E-state index contributed by atoms with van der Waals surface area (Å²) in [6, 6.07) is -0.894. The van der Waals surface area contributed by atoms with Crippen LogP contribution in [0.5, 0.6) is 0 Å². The molecule has 0 saturated carbocycles. The third-order valence-corrected chi connectivity index (χ3v) is 15.0. The van der Waals surface area contributed by atoms with Crippen molar-refractivity contribution in [1.29, 1.82) is 0 Å². The number of phosphoric acid groups is 1. The summed E-state index contributed by atoms with van der Waals surface area (Å²) in [5.41, 5.74) is 0. The largest absolute Gasteiger partial charge is 0.756 e. The van der Waals surface area contributed by atoms with E-state index in [0.29, 0.717) is 23.9 Å². The maximum absolute atomic E-state index is 13.5. The molecule has 0 rings (SSSR count). The Morgan fingerprint density at radius 3 is 1.28 bits per heavy atom. The number of hydrogen-bond donors (Lipinski definition) is 1. The van der Waals surface area contributed by atoms with Gasteiger partial charge in [0.15, 0.2) is 0 Å². The molecule has 0 aromatic carbocycles. The Bertz CT molecular complexity index is 1410. The van der Waals surface area contributed by atoms with Gasteiger partial charge in [-0.1, -0.05) is 282 Å². The van der Waals surface area contributed by atoms with E-state index < -0.39 is 26.6 Å². The molecule has 1 amide bonds. The second kappa shape index (κ2) is 54.3. The Labute approximate surface area is 458 Å². The molecule has 1 N–H and O–H groups in total. The summed E-state index contributed by atoms with van der Waals surface area (Å²) in [5, 5.41) is 3.03. The molecule has 0 fully saturated rings. The first-order valence-corrected chi connectivity index (χ1v) is 32.9. The van der Waals surface area contributed by atoms with Crippen LogP contribution in [0.15, 0.2) is 48.6 Å². The lowest BCUT2D eigenvalue weighted by Gasteiger charge is -2.30. The first-order chi connectivity index (χ1) is 35.9. The number of carbonyl (C=O) groups excluding carboxylic acids is 2. The van der Waals surface area contributed by atoms with Crippen LogP contribution in [0.3, 0.4) is 0 Å². The molecule has 0 aromatic rings. The van der Waals surface area contributed by atoms with Gasteiger partial charge in [-0.05, 0) is 51.0 Å². The summed E-state index contributed by atoms with van der Waals surface area (Å²) >= 11 is 0. The Morgan fingerprint density at radius 1 is 0.486 bits per heavy atom. The van der Waals surface area contributed by atoms with E-state index in [4.69, 9.17) is 13.8 Å². The second-order valence-electron chi connectivity index (χ2n) is 22.6. The van der Waals surface area contributed by atoms with Gasteiger partial charge in [0, 0.05) is 12.8 Å². The van der Waals surface area contributed by atoms with Crippen LogP contribution in [0, 0.1) is 0 Å². The third kappa shape index (κ3) is 54.7. The van der Waals surface area contributed by atoms with Gasteiger partial charge in [-0.15, -0.1) is 0 Å². The molecule has 0 spiro atoms. The van der Waals surface area contributed by atoms with Gasteiger partial charge in [-0.2, -0.15) is 0 Å². The number of esters is 1. The van der Waals surface area contributed by atoms with E-state index in [-0.39, 0.29) is 24.9 Å². The quantitative estimate of drug-likeness (QED) is 0.0161. The van der Waals surface area contributed by atoms with E-state index in [1.807, 2.05) is 33.3 Å². The number of hydrogen-bond acceptors (Lipinski definition) is 7. The predicted octanol–water partition coefficient (Wildman–Crippen LogP) is 18.6. The molecule has 434 valence electrons. The average Bonchev–Trinajstić information content (AvgIpc) is 3.36. The SMILES string of the molecule is CC/C=C/C=C/C=C\CCCCCCCC(=O)OC(/C=C\CCCCCCCCCCCC)C(COP(=O)([O-])OCC[N+](C)(C)C)NC(=O)CCCCCCCCCCCCCCCCCCCCCCCCC. The van der Waals surface area contributed by atoms with Gasteiger partial charge in [0.25, 0.3) is 7.82 Å². The Kier molecular flexibility index (Phi) is 52.8. The molecule has 0 bridgehead atoms. The zero-order valence-corrected chi connectivity index (χ0v) is 50.4. The van der Waals surface area contributed by atoms with Crippen molar-refractivity contribution in [1.82, 2.24) is 5.32 Å². The Balaban J connectivity index is 5.12. The highest BCUT2D eigenvalue weighted by atomic mass is 31.2. The summed E-state index contributed by atoms with van der Waals surface area (Å²) in [5.74, 6) is -0.555. The number of likely N-dealkylation sites (N-methyl/N-ethyl adjacent to an activating group) is 1. The summed E-state index contributed by atoms with van der Waals surface area (Å²) < 4.78 is 30.3. The van der Waals surface area contributed by atoms with Crippen LogP contribution < -0.4 is 10.2 Å². The van der Waals surface area contributed by atoms with Crippen molar-refractivity contribution < 1.29 is 37.3 Å². The molecule has 0 aliphatic carbocycles. The fraction of sp³-hybridized carbons (Fsp3) is 0.844. The number of allylic oxidation sites excluding steroid dienone is 7. The fourth-order valence-corrected chi connectivity index (χ4v) is 9.95. The van der Waals surface area contributed by atoms with Gasteiger partial charge >= 0.3 is 5.97 Å². The summed E-state index contributed by atoms with van der Waals surface area (Å²) in [7, 11) is 1.18. The standard InChI is InChI=1S/C64H121N2O7P/c1-7-10-13-16-19-22-25-28-29-30-31-32-33-34-35-36-37-39-41-44-47-50-53-56-63(67)65-61(60-72-74(69,70)71-59-58-66(4,5)6)62(55-52-49-46-43-40-27-24-21-18-15-12-9-3)73-64(68)57-54-51-48-45-42-38-26-23-20-17-14-11-8-2/h11,14,17,20,23,26,52,55,61-62H,7-10,12-13,15-16,18-19,21-22,24-25,27-51,53-54,56-60H2,1-6H3,(H-,65,67,69,70)/b14-11+,20-17+,26-23-,55-52-. The highest BCUT2D eigenvalue weighted by Crippen LogP contribution is 2.38. The number of carbonyl (C=O) groups is 2. The van der Waals surface area contributed by atoms with Crippen LogP contribution in [0.1, 0.15) is 297 Å². The Morgan fingerprint density at radius 2 is 0.865 bits per heavy atom. The topological polar surface area (TPSA) is 114 Å². The number of nitrogens with zero attached hydrogens (tertiary/aromatic N) is 1. The van der Waals surface area contributed by atoms with Crippen LogP contribution in [0.4, 0.5) is 0 Å². The predicted molar refractivity (Wildman–Crippen MR) is 316 cm³/mol. The zero-order chi connectivity index (χ0) is 54.3. The van der Waals surface area contributed by atoms with E-state index in [1.165, 1.54) is 180 Å². The van der Waals surface area contributed by atoms with Crippen molar-refractivity contribution in [2.45, 2.75) is 309 Å². The first-order valence-electron chi connectivity index (χ1n) is 31.5. The molecule has 3 atom stereocenters. The molecule has 10 heteroatoms. The minimum Gasteiger partial charge on any atom is -0.756 e. The minimum absolute atomic E-state index is 0.0248. The van der Waals surface area contributed by atoms with Crippen molar-refractivity contribution in [3.8, 4) is 0 Å². The molecule has 0 radical (unpaired) electrons. The van der Waals surface area contributed by atoms with E-state index in [1.54, 1.807) is 0 Å². The zero-order valence-electron chi connectivity index (χ0n) is 49.6. The highest BCUT2D eigenvalue weighted by molar-refractivity contribution is 7.45. The molecule has 0 aliphatic rings. The van der Waals surface area contributed by atoms with Crippen molar-refractivity contribution in [3.05, 3.63) is 48.6 Å². The maximum atomic E-state index is 13.5. The third-order valence-electron chi connectivity index (χ3n) is 14.1. The number of rotatable bonds is 57. The molecule has 9 nitrogen and oxygen atoms in total. The van der Waals surface area contributed by atoms with Gasteiger partial charge in [0.05, 0.1) is 33.8 Å². The molecular formula is C64H121N2O7P. The number of unbranched alkanes of at least 4 members (excludes halogenated alkanes) is 37. The van der Waals surface area contributed by atoms with Crippen molar-refractivity contribution in [3.63, 3.8) is 0 Å². The van der Waals surface area contributed by atoms with Gasteiger partial charge in [-0.25, -0.2) is 0 Å². The van der Waals surface area contributed by atoms with E-state index in [0.717, 1.165) is 77.0 Å². The molecule has 0 aromatic heterocycles. The summed E-state index contributed by atoms with van der Waals surface area (Å²) in [4.78, 5) is 39.9. The van der Waals surface area contributed by atoms with E-state index in [9.17, 15) is 19.0 Å². The molecule has 74 heavy (non-hydrogen) atoms. The number of nitrogens with one attached hydrogen (secondary N) is 1. The number of phosphoric ester groups is 1. The molecule has 3 unspecified atom stereocenters. The molecule has 0 aliphatic heterocycles. The summed E-state index contributed by atoms with van der Waals surface area (Å²) in [6.45, 7) is 6.72. The Hall–Kier alpha value is -2.03. The van der Waals surface area contributed by atoms with Gasteiger partial charge < -0.3 is 28.5 Å². The van der Waals surface area contributed by atoms with Crippen LogP contribution in [-0.2, 0) is 27.9 Å². The normalized spacial score (nSPS) is 14.0. The first kappa shape index (κ1) is 72.0. The van der Waals surface area contributed by atoms with Gasteiger partial charge in [0.1, 0.15) is 19.3 Å². The number of quaternary nitrogens is 1. The minimum atomic E-state index is -4.70. The van der Waals surface area contributed by atoms with Crippen LogP contribution in [-0.4, -0.2) is 69.4 Å². The number of ether oxygens (including phenoxy) is 1. The van der Waals surface area contributed by atoms with E-state index in [2.05, 4.69) is 62.5 Å². The highest BCUT2D eigenvalue weighted by Gasteiger charge is 2.27. The van der Waals surface area contributed by atoms with Crippen LogP contribution >= 0.6 is 7.82 Å². The molecule has 0 saturated heterocycles. The molecular weight excluding hydrogens is 940 g/mol. The maximum Gasteiger partial charge on any atom is 0.306 e. The lowest BCUT2D eigenvalue weighted by atomic mass is 10.0. The van der Waals surface area contributed by atoms with E-state index >= 15 is 0 Å². The average molecular weight is 1060 g/mol. The number of amides is 1.